The third-order valence-corrected chi connectivity index (χ3v) is 4.48. The molecule has 7 heteroatoms. The molecule has 0 radical (unpaired) electrons. The van der Waals surface area contributed by atoms with Gasteiger partial charge in [-0.05, 0) is 36.9 Å². The first kappa shape index (κ1) is 16.8. The number of methoxy groups -OCH3 is 2. The summed E-state index contributed by atoms with van der Waals surface area (Å²) >= 11 is 1.26. The third-order valence-electron chi connectivity index (χ3n) is 3.46. The van der Waals surface area contributed by atoms with Crippen molar-refractivity contribution in [2.24, 2.45) is 5.73 Å². The fourth-order valence-electron chi connectivity index (χ4n) is 2.23. The summed E-state index contributed by atoms with van der Waals surface area (Å²) in [6.07, 6.45) is 0. The highest BCUT2D eigenvalue weighted by molar-refractivity contribution is 7.15. The Morgan fingerprint density at radius 2 is 1.70 bits per heavy atom. The van der Waals surface area contributed by atoms with Crippen molar-refractivity contribution < 1.29 is 19.1 Å². The van der Waals surface area contributed by atoms with Gasteiger partial charge in [0.25, 0.3) is 11.8 Å². The largest absolute Gasteiger partial charge is 0.496 e. The van der Waals surface area contributed by atoms with Gasteiger partial charge in [0, 0.05) is 11.1 Å². The Bertz CT molecular complexity index is 742. The summed E-state index contributed by atoms with van der Waals surface area (Å²) in [6, 6.07) is 3.25. The van der Waals surface area contributed by atoms with Crippen LogP contribution in [0.25, 0.3) is 0 Å². The van der Waals surface area contributed by atoms with Crippen LogP contribution in [-0.2, 0) is 0 Å². The fourth-order valence-corrected chi connectivity index (χ4v) is 3.18. The van der Waals surface area contributed by atoms with Crippen LogP contribution in [0.1, 0.15) is 31.8 Å². The van der Waals surface area contributed by atoms with Crippen LogP contribution < -0.4 is 20.5 Å². The van der Waals surface area contributed by atoms with E-state index in [9.17, 15) is 9.59 Å². The van der Waals surface area contributed by atoms with E-state index in [1.807, 2.05) is 6.92 Å². The quantitative estimate of drug-likeness (QED) is 0.879. The molecule has 0 atom stereocenters. The van der Waals surface area contributed by atoms with Crippen molar-refractivity contribution in [1.29, 1.82) is 0 Å². The summed E-state index contributed by atoms with van der Waals surface area (Å²) in [5.41, 5.74) is 7.59. The smallest absolute Gasteiger partial charge is 0.256 e. The van der Waals surface area contributed by atoms with Crippen molar-refractivity contribution in [3.8, 4) is 11.5 Å². The number of thiophene rings is 1. The van der Waals surface area contributed by atoms with Crippen LogP contribution in [0, 0.1) is 13.8 Å². The van der Waals surface area contributed by atoms with Crippen LogP contribution >= 0.6 is 11.3 Å². The number of primary amides is 1. The third kappa shape index (κ3) is 3.29. The predicted molar refractivity (Wildman–Crippen MR) is 89.8 cm³/mol. The molecule has 0 fully saturated rings. The first-order chi connectivity index (χ1) is 10.9. The Morgan fingerprint density at radius 1 is 1.13 bits per heavy atom. The second-order valence-corrected chi connectivity index (χ2v) is 5.83. The van der Waals surface area contributed by atoms with Gasteiger partial charge in [-0.2, -0.15) is 0 Å². The molecule has 6 nitrogen and oxygen atoms in total. The number of hydrogen-bond donors (Lipinski definition) is 2. The Labute approximate surface area is 138 Å². The van der Waals surface area contributed by atoms with E-state index < -0.39 is 5.91 Å². The molecule has 0 saturated heterocycles. The maximum absolute atomic E-state index is 12.5. The Kier molecular flexibility index (Phi) is 4.90. The van der Waals surface area contributed by atoms with Gasteiger partial charge in [0.1, 0.15) is 16.5 Å². The summed E-state index contributed by atoms with van der Waals surface area (Å²) in [4.78, 5) is 24.0. The van der Waals surface area contributed by atoms with Crippen molar-refractivity contribution >= 4 is 28.2 Å². The van der Waals surface area contributed by atoms with Crippen molar-refractivity contribution in [3.05, 3.63) is 39.8 Å². The van der Waals surface area contributed by atoms with Crippen molar-refractivity contribution in [2.45, 2.75) is 13.8 Å². The van der Waals surface area contributed by atoms with E-state index in [4.69, 9.17) is 15.2 Å². The predicted octanol–water partition coefficient (Wildman–Crippen LogP) is 2.73. The van der Waals surface area contributed by atoms with Crippen LogP contribution in [0.4, 0.5) is 5.00 Å². The molecule has 0 aliphatic heterocycles. The monoisotopic (exact) mass is 334 g/mol. The molecule has 1 heterocycles. The molecule has 0 unspecified atom stereocenters. The molecular formula is C16H18N2O4S. The molecule has 23 heavy (non-hydrogen) atoms. The number of benzene rings is 1. The highest BCUT2D eigenvalue weighted by Gasteiger charge is 2.18. The lowest BCUT2D eigenvalue weighted by Crippen LogP contribution is -2.17. The van der Waals surface area contributed by atoms with Crippen LogP contribution in [0.5, 0.6) is 11.5 Å². The van der Waals surface area contributed by atoms with Gasteiger partial charge in [0.15, 0.2) is 0 Å². The van der Waals surface area contributed by atoms with E-state index in [2.05, 4.69) is 5.32 Å². The number of carbonyl (C=O) groups excluding carboxylic acids is 2. The van der Waals surface area contributed by atoms with Gasteiger partial charge >= 0.3 is 0 Å². The van der Waals surface area contributed by atoms with Crippen LogP contribution in [-0.4, -0.2) is 26.0 Å². The highest BCUT2D eigenvalue weighted by atomic mass is 32.1. The average Bonchev–Trinajstić information content (AvgIpc) is 2.88. The van der Waals surface area contributed by atoms with E-state index in [0.29, 0.717) is 27.6 Å². The maximum Gasteiger partial charge on any atom is 0.256 e. The number of carbonyl (C=O) groups is 2. The van der Waals surface area contributed by atoms with Gasteiger partial charge in [-0.3, -0.25) is 9.59 Å². The van der Waals surface area contributed by atoms with E-state index in [1.165, 1.54) is 25.6 Å². The summed E-state index contributed by atoms with van der Waals surface area (Å²) in [5, 5.41) is 4.92. The Hall–Kier alpha value is -2.54. The standard InChI is InChI=1S/C16H18N2O4S/c1-8-7-23-16(13(8)14(17)19)18-15(20)10-5-11(21-3)9(2)12(6-10)22-4/h5-7H,1-4H3,(H2,17,19)(H,18,20). The summed E-state index contributed by atoms with van der Waals surface area (Å²) in [6.45, 7) is 3.61. The normalized spacial score (nSPS) is 10.3. The molecule has 0 bridgehead atoms. The summed E-state index contributed by atoms with van der Waals surface area (Å²) in [5.74, 6) is 0.156. The van der Waals surface area contributed by atoms with Gasteiger partial charge < -0.3 is 20.5 Å². The molecular weight excluding hydrogens is 316 g/mol. The minimum Gasteiger partial charge on any atom is -0.496 e. The lowest BCUT2D eigenvalue weighted by Gasteiger charge is -2.12. The number of nitrogens with one attached hydrogen (secondary N) is 1. The minimum atomic E-state index is -0.571. The molecule has 1 aromatic heterocycles. The van der Waals surface area contributed by atoms with Crippen LogP contribution in [0.2, 0.25) is 0 Å². The molecule has 1 aromatic carbocycles. The molecule has 0 saturated carbocycles. The zero-order valence-corrected chi connectivity index (χ0v) is 14.2. The van der Waals surface area contributed by atoms with Crippen molar-refractivity contribution in [2.75, 3.05) is 19.5 Å². The number of anilines is 1. The molecule has 0 spiro atoms. The van der Waals surface area contributed by atoms with Crippen LogP contribution in [0.3, 0.4) is 0 Å². The SMILES string of the molecule is COc1cc(C(=O)Nc2scc(C)c2C(N)=O)cc(OC)c1C. The second-order valence-electron chi connectivity index (χ2n) is 4.95. The second kappa shape index (κ2) is 6.70. The molecule has 2 amide bonds. The van der Waals surface area contributed by atoms with E-state index >= 15 is 0 Å². The number of hydrogen-bond acceptors (Lipinski definition) is 5. The van der Waals surface area contributed by atoms with Crippen molar-refractivity contribution in [1.82, 2.24) is 0 Å². The fraction of sp³-hybridized carbons (Fsp3) is 0.250. The van der Waals surface area contributed by atoms with E-state index in [0.717, 1.165) is 11.1 Å². The van der Waals surface area contributed by atoms with Crippen molar-refractivity contribution in [3.63, 3.8) is 0 Å². The minimum absolute atomic E-state index is 0.328. The highest BCUT2D eigenvalue weighted by Crippen LogP contribution is 2.31. The molecule has 2 aromatic rings. The first-order valence-electron chi connectivity index (χ1n) is 6.80. The lowest BCUT2D eigenvalue weighted by atomic mass is 10.1. The van der Waals surface area contributed by atoms with Crippen LogP contribution in [0.15, 0.2) is 17.5 Å². The number of rotatable bonds is 5. The zero-order chi connectivity index (χ0) is 17.1. The van der Waals surface area contributed by atoms with Gasteiger partial charge in [-0.25, -0.2) is 0 Å². The van der Waals surface area contributed by atoms with Gasteiger partial charge in [-0.15, -0.1) is 11.3 Å². The average molecular weight is 334 g/mol. The topological polar surface area (TPSA) is 90.6 Å². The number of aryl methyl sites for hydroxylation is 1. The van der Waals surface area contributed by atoms with Gasteiger partial charge in [0.05, 0.1) is 19.8 Å². The maximum atomic E-state index is 12.5. The summed E-state index contributed by atoms with van der Waals surface area (Å²) in [7, 11) is 3.05. The summed E-state index contributed by atoms with van der Waals surface area (Å²) < 4.78 is 10.5. The Balaban J connectivity index is 2.37. The number of amides is 2. The molecule has 122 valence electrons. The molecule has 3 N–H and O–H groups in total. The number of ether oxygens (including phenoxy) is 2. The van der Waals surface area contributed by atoms with E-state index in [1.54, 1.807) is 24.4 Å². The first-order valence-corrected chi connectivity index (χ1v) is 7.68. The molecule has 0 aliphatic rings. The Morgan fingerprint density at radius 3 is 2.17 bits per heavy atom. The molecule has 2 rings (SSSR count). The van der Waals surface area contributed by atoms with E-state index in [-0.39, 0.29) is 5.91 Å². The van der Waals surface area contributed by atoms with Gasteiger partial charge in [0.2, 0.25) is 0 Å². The lowest BCUT2D eigenvalue weighted by molar-refractivity contribution is 0.100. The zero-order valence-electron chi connectivity index (χ0n) is 13.4. The molecule has 0 aliphatic carbocycles. The number of nitrogens with two attached hydrogens (primary N) is 1. The van der Waals surface area contributed by atoms with Gasteiger partial charge in [-0.1, -0.05) is 0 Å².